The molecule has 1 aromatic carbocycles. The maximum atomic E-state index is 11.7. The topological polar surface area (TPSA) is 78.0 Å². The van der Waals surface area contributed by atoms with Gasteiger partial charge in [-0.3, -0.25) is 4.79 Å². The number of aromatic nitrogens is 2. The van der Waals surface area contributed by atoms with Crippen molar-refractivity contribution in [1.29, 1.82) is 0 Å². The molecule has 1 aromatic heterocycles. The van der Waals surface area contributed by atoms with Gasteiger partial charge in [0.25, 0.3) is 5.91 Å². The van der Waals surface area contributed by atoms with E-state index in [9.17, 15) is 9.90 Å². The zero-order valence-electron chi connectivity index (χ0n) is 8.77. The number of benzene rings is 1. The second kappa shape index (κ2) is 4.88. The predicted octanol–water partition coefficient (Wildman–Crippen LogP) is 1.70. The van der Waals surface area contributed by atoms with Crippen molar-refractivity contribution in [1.82, 2.24) is 15.3 Å². The summed E-state index contributed by atoms with van der Waals surface area (Å²) in [4.78, 5) is 18.4. The van der Waals surface area contributed by atoms with Gasteiger partial charge in [0.15, 0.2) is 0 Å². The summed E-state index contributed by atoms with van der Waals surface area (Å²) in [5.74, 6) is -0.506. The second-order valence-corrected chi connectivity index (χ2v) is 3.86. The van der Waals surface area contributed by atoms with Crippen molar-refractivity contribution in [3.05, 3.63) is 47.0 Å². The van der Waals surface area contributed by atoms with Crippen LogP contribution in [-0.4, -0.2) is 21.0 Å². The molecule has 0 atom stereocenters. The molecular weight excluding hydrogens is 242 g/mol. The van der Waals surface area contributed by atoms with E-state index in [0.29, 0.717) is 11.6 Å². The second-order valence-electron chi connectivity index (χ2n) is 3.42. The SMILES string of the molecule is O=C(NCc1cnc[nH]1)c1ccc(Cl)cc1O. The Hall–Kier alpha value is -2.01. The summed E-state index contributed by atoms with van der Waals surface area (Å²) in [5, 5.41) is 12.6. The summed E-state index contributed by atoms with van der Waals surface area (Å²) >= 11 is 5.67. The number of phenolic OH excluding ortho intramolecular Hbond substituents is 1. The fourth-order valence-corrected chi connectivity index (χ4v) is 1.52. The molecule has 0 fully saturated rings. The van der Waals surface area contributed by atoms with Crippen molar-refractivity contribution < 1.29 is 9.90 Å². The van der Waals surface area contributed by atoms with Gasteiger partial charge in [0.1, 0.15) is 5.75 Å². The van der Waals surface area contributed by atoms with Crippen LogP contribution in [0.15, 0.2) is 30.7 Å². The molecule has 17 heavy (non-hydrogen) atoms. The summed E-state index contributed by atoms with van der Waals surface area (Å²) < 4.78 is 0. The molecule has 1 heterocycles. The number of rotatable bonds is 3. The number of hydrogen-bond donors (Lipinski definition) is 3. The molecule has 1 amide bonds. The van der Waals surface area contributed by atoms with Gasteiger partial charge < -0.3 is 15.4 Å². The highest BCUT2D eigenvalue weighted by Gasteiger charge is 2.10. The molecule has 0 aliphatic rings. The minimum Gasteiger partial charge on any atom is -0.507 e. The van der Waals surface area contributed by atoms with Crippen molar-refractivity contribution in [3.8, 4) is 5.75 Å². The van der Waals surface area contributed by atoms with Gasteiger partial charge in [-0.25, -0.2) is 4.98 Å². The van der Waals surface area contributed by atoms with E-state index < -0.39 is 0 Å². The lowest BCUT2D eigenvalue weighted by atomic mass is 10.2. The molecule has 2 rings (SSSR count). The van der Waals surface area contributed by atoms with Crippen molar-refractivity contribution >= 4 is 17.5 Å². The maximum absolute atomic E-state index is 11.7. The van der Waals surface area contributed by atoms with E-state index >= 15 is 0 Å². The van der Waals surface area contributed by atoms with Gasteiger partial charge in [0, 0.05) is 11.2 Å². The fourth-order valence-electron chi connectivity index (χ4n) is 1.35. The standard InChI is InChI=1S/C11H10ClN3O2/c12-7-1-2-9(10(16)3-7)11(17)14-5-8-4-13-6-15-8/h1-4,6,16H,5H2,(H,13,15)(H,14,17). The molecule has 0 saturated heterocycles. The maximum Gasteiger partial charge on any atom is 0.255 e. The average Bonchev–Trinajstić information content (AvgIpc) is 2.78. The quantitative estimate of drug-likeness (QED) is 0.777. The number of nitrogens with zero attached hydrogens (tertiary/aromatic N) is 1. The third-order valence-corrected chi connectivity index (χ3v) is 2.43. The number of nitrogens with one attached hydrogen (secondary N) is 2. The van der Waals surface area contributed by atoms with Crippen LogP contribution in [0, 0.1) is 0 Å². The number of halogens is 1. The van der Waals surface area contributed by atoms with Crippen LogP contribution in [0.2, 0.25) is 5.02 Å². The molecule has 0 aliphatic carbocycles. The lowest BCUT2D eigenvalue weighted by Gasteiger charge is -2.05. The number of hydrogen-bond acceptors (Lipinski definition) is 3. The van der Waals surface area contributed by atoms with Crippen LogP contribution in [0.5, 0.6) is 5.75 Å². The number of carbonyl (C=O) groups excluding carboxylic acids is 1. The van der Waals surface area contributed by atoms with Crippen molar-refractivity contribution in [2.45, 2.75) is 6.54 Å². The largest absolute Gasteiger partial charge is 0.507 e. The first-order valence-electron chi connectivity index (χ1n) is 4.91. The molecule has 0 aliphatic heterocycles. The minimum absolute atomic E-state index is 0.139. The molecule has 88 valence electrons. The highest BCUT2D eigenvalue weighted by molar-refractivity contribution is 6.30. The van der Waals surface area contributed by atoms with Crippen molar-refractivity contribution in [3.63, 3.8) is 0 Å². The van der Waals surface area contributed by atoms with Crippen LogP contribution in [0.1, 0.15) is 16.1 Å². The van der Waals surface area contributed by atoms with Gasteiger partial charge >= 0.3 is 0 Å². The van der Waals surface area contributed by atoms with Crippen molar-refractivity contribution in [2.75, 3.05) is 0 Å². The number of amides is 1. The number of H-pyrrole nitrogens is 1. The lowest BCUT2D eigenvalue weighted by Crippen LogP contribution is -2.23. The van der Waals surface area contributed by atoms with E-state index in [1.165, 1.54) is 18.5 Å². The van der Waals surface area contributed by atoms with E-state index in [1.807, 2.05) is 0 Å². The summed E-state index contributed by atoms with van der Waals surface area (Å²) in [7, 11) is 0. The Morgan fingerprint density at radius 2 is 2.35 bits per heavy atom. The number of phenols is 1. The summed E-state index contributed by atoms with van der Waals surface area (Å²) in [6.45, 7) is 0.320. The van der Waals surface area contributed by atoms with Gasteiger partial charge in [-0.2, -0.15) is 0 Å². The highest BCUT2D eigenvalue weighted by atomic mass is 35.5. The summed E-state index contributed by atoms with van der Waals surface area (Å²) in [6, 6.07) is 4.35. The monoisotopic (exact) mass is 251 g/mol. The third kappa shape index (κ3) is 2.76. The molecule has 0 spiro atoms. The highest BCUT2D eigenvalue weighted by Crippen LogP contribution is 2.21. The van der Waals surface area contributed by atoms with Crippen LogP contribution in [-0.2, 0) is 6.54 Å². The molecule has 5 nitrogen and oxygen atoms in total. The number of imidazole rings is 1. The fraction of sp³-hybridized carbons (Fsp3) is 0.0909. The van der Waals surface area contributed by atoms with E-state index in [-0.39, 0.29) is 17.2 Å². The first kappa shape index (κ1) is 11.5. The average molecular weight is 252 g/mol. The molecule has 6 heteroatoms. The summed E-state index contributed by atoms with van der Waals surface area (Å²) in [6.07, 6.45) is 3.14. The Morgan fingerprint density at radius 3 is 3.00 bits per heavy atom. The van der Waals surface area contributed by atoms with Crippen LogP contribution in [0.3, 0.4) is 0 Å². The molecule has 2 aromatic rings. The van der Waals surface area contributed by atoms with E-state index in [4.69, 9.17) is 11.6 Å². The molecule has 0 saturated carbocycles. The molecule has 0 radical (unpaired) electrons. The predicted molar refractivity (Wildman–Crippen MR) is 62.9 cm³/mol. The molecule has 0 bridgehead atoms. The van der Waals surface area contributed by atoms with Gasteiger partial charge in [0.05, 0.1) is 24.1 Å². The Kier molecular flexibility index (Phi) is 3.30. The van der Waals surface area contributed by atoms with Crippen LogP contribution >= 0.6 is 11.6 Å². The van der Waals surface area contributed by atoms with Gasteiger partial charge in [-0.05, 0) is 18.2 Å². The molecular formula is C11H10ClN3O2. The van der Waals surface area contributed by atoms with Gasteiger partial charge in [-0.1, -0.05) is 11.6 Å². The lowest BCUT2D eigenvalue weighted by molar-refractivity contribution is 0.0948. The van der Waals surface area contributed by atoms with E-state index in [1.54, 1.807) is 12.3 Å². The molecule has 0 unspecified atom stereocenters. The third-order valence-electron chi connectivity index (χ3n) is 2.20. The molecule has 3 N–H and O–H groups in total. The number of carbonyl (C=O) groups is 1. The number of aromatic hydroxyl groups is 1. The van der Waals surface area contributed by atoms with Crippen LogP contribution in [0.25, 0.3) is 0 Å². The van der Waals surface area contributed by atoms with E-state index in [2.05, 4.69) is 15.3 Å². The first-order valence-corrected chi connectivity index (χ1v) is 5.28. The van der Waals surface area contributed by atoms with E-state index in [0.717, 1.165) is 5.69 Å². The zero-order chi connectivity index (χ0) is 12.3. The smallest absolute Gasteiger partial charge is 0.255 e. The normalized spacial score (nSPS) is 10.2. The Labute approximate surface area is 102 Å². The summed E-state index contributed by atoms with van der Waals surface area (Å²) in [5.41, 5.74) is 0.973. The Morgan fingerprint density at radius 1 is 1.53 bits per heavy atom. The van der Waals surface area contributed by atoms with Gasteiger partial charge in [-0.15, -0.1) is 0 Å². The Balaban J connectivity index is 2.04. The van der Waals surface area contributed by atoms with Crippen molar-refractivity contribution in [2.24, 2.45) is 0 Å². The van der Waals surface area contributed by atoms with Crippen LogP contribution < -0.4 is 5.32 Å². The zero-order valence-corrected chi connectivity index (χ0v) is 9.53. The van der Waals surface area contributed by atoms with Gasteiger partial charge in [0.2, 0.25) is 0 Å². The minimum atomic E-state index is -0.367. The van der Waals surface area contributed by atoms with Crippen LogP contribution in [0.4, 0.5) is 0 Å². The number of aromatic amines is 1. The Bertz CT molecular complexity index is 526. The first-order chi connectivity index (χ1) is 8.16.